The summed E-state index contributed by atoms with van der Waals surface area (Å²) in [5.41, 5.74) is 0. The van der Waals surface area contributed by atoms with Crippen LogP contribution < -0.4 is 9.47 Å². The third-order valence-electron chi connectivity index (χ3n) is 3.27. The van der Waals surface area contributed by atoms with Crippen LogP contribution >= 0.6 is 0 Å². The van der Waals surface area contributed by atoms with Crippen LogP contribution in [0.15, 0.2) is 24.3 Å². The van der Waals surface area contributed by atoms with Crippen molar-refractivity contribution in [3.63, 3.8) is 0 Å². The standard InChI is InChI=1S/C14H21NO2/c1-15-9-5-6-12(10-15)11-17-14-8-4-3-7-13(14)16-2/h3-4,7-8,12H,5-6,9-11H2,1-2H3/t12-/m1/s1. The Hall–Kier alpha value is -1.22. The van der Waals surface area contributed by atoms with Crippen molar-refractivity contribution < 1.29 is 9.47 Å². The number of ether oxygens (including phenoxy) is 2. The van der Waals surface area contributed by atoms with E-state index in [4.69, 9.17) is 9.47 Å². The largest absolute Gasteiger partial charge is 0.493 e. The lowest BCUT2D eigenvalue weighted by molar-refractivity contribution is 0.148. The number of hydrogen-bond donors (Lipinski definition) is 0. The molecule has 0 saturated carbocycles. The molecule has 17 heavy (non-hydrogen) atoms. The number of methoxy groups -OCH3 is 1. The Morgan fingerprint density at radius 3 is 2.76 bits per heavy atom. The highest BCUT2D eigenvalue weighted by Gasteiger charge is 2.18. The predicted molar refractivity (Wildman–Crippen MR) is 68.7 cm³/mol. The maximum absolute atomic E-state index is 5.86. The van der Waals surface area contributed by atoms with Crippen LogP contribution in [0.25, 0.3) is 0 Å². The molecule has 0 unspecified atom stereocenters. The smallest absolute Gasteiger partial charge is 0.161 e. The molecule has 94 valence electrons. The zero-order chi connectivity index (χ0) is 12.1. The zero-order valence-corrected chi connectivity index (χ0v) is 10.7. The van der Waals surface area contributed by atoms with E-state index < -0.39 is 0 Å². The van der Waals surface area contributed by atoms with Gasteiger partial charge in [-0.2, -0.15) is 0 Å². The van der Waals surface area contributed by atoms with E-state index in [1.54, 1.807) is 7.11 Å². The number of nitrogens with zero attached hydrogens (tertiary/aromatic N) is 1. The fraction of sp³-hybridized carbons (Fsp3) is 0.571. The summed E-state index contributed by atoms with van der Waals surface area (Å²) in [6, 6.07) is 7.83. The average Bonchev–Trinajstić information content (AvgIpc) is 2.37. The monoisotopic (exact) mass is 235 g/mol. The van der Waals surface area contributed by atoms with Gasteiger partial charge in [0, 0.05) is 12.5 Å². The van der Waals surface area contributed by atoms with Gasteiger partial charge in [0.2, 0.25) is 0 Å². The lowest BCUT2D eigenvalue weighted by Crippen LogP contribution is -2.34. The summed E-state index contributed by atoms with van der Waals surface area (Å²) in [7, 11) is 3.85. The minimum absolute atomic E-state index is 0.638. The molecule has 2 rings (SSSR count). The Labute approximate surface area is 103 Å². The third kappa shape index (κ3) is 3.37. The Morgan fingerprint density at radius 2 is 2.06 bits per heavy atom. The third-order valence-corrected chi connectivity index (χ3v) is 3.27. The van der Waals surface area contributed by atoms with Crippen LogP contribution in [-0.4, -0.2) is 38.8 Å². The van der Waals surface area contributed by atoms with Crippen molar-refractivity contribution in [1.82, 2.24) is 4.90 Å². The van der Waals surface area contributed by atoms with Crippen LogP contribution in [0.3, 0.4) is 0 Å². The number of hydrogen-bond acceptors (Lipinski definition) is 3. The number of likely N-dealkylation sites (tertiary alicyclic amines) is 1. The zero-order valence-electron chi connectivity index (χ0n) is 10.7. The van der Waals surface area contributed by atoms with E-state index in [9.17, 15) is 0 Å². The first-order valence-corrected chi connectivity index (χ1v) is 6.24. The Kier molecular flexibility index (Phi) is 4.26. The lowest BCUT2D eigenvalue weighted by atomic mass is 10.00. The molecule has 1 aliphatic rings. The molecule has 1 aromatic rings. The van der Waals surface area contributed by atoms with Crippen LogP contribution in [0.4, 0.5) is 0 Å². The van der Waals surface area contributed by atoms with E-state index >= 15 is 0 Å². The van der Waals surface area contributed by atoms with E-state index in [0.717, 1.165) is 24.7 Å². The maximum Gasteiger partial charge on any atom is 0.161 e. The molecule has 0 radical (unpaired) electrons. The molecule has 1 saturated heterocycles. The van der Waals surface area contributed by atoms with Crippen LogP contribution in [0.2, 0.25) is 0 Å². The second kappa shape index (κ2) is 5.92. The van der Waals surface area contributed by atoms with Crippen LogP contribution in [-0.2, 0) is 0 Å². The van der Waals surface area contributed by atoms with Crippen molar-refractivity contribution in [2.45, 2.75) is 12.8 Å². The number of rotatable bonds is 4. The molecule has 0 spiro atoms. The molecule has 0 N–H and O–H groups in total. The summed E-state index contributed by atoms with van der Waals surface area (Å²) < 4.78 is 11.1. The molecule has 1 atom stereocenters. The van der Waals surface area contributed by atoms with Gasteiger partial charge in [-0.05, 0) is 38.6 Å². The van der Waals surface area contributed by atoms with E-state index in [0.29, 0.717) is 5.92 Å². The van der Waals surface area contributed by atoms with Gasteiger partial charge in [0.1, 0.15) is 0 Å². The molecule has 1 fully saturated rings. The summed E-state index contributed by atoms with van der Waals surface area (Å²) in [5.74, 6) is 2.30. The lowest BCUT2D eigenvalue weighted by Gasteiger charge is -2.29. The Morgan fingerprint density at radius 1 is 1.29 bits per heavy atom. The second-order valence-electron chi connectivity index (χ2n) is 4.73. The van der Waals surface area contributed by atoms with Crippen molar-refractivity contribution in [3.05, 3.63) is 24.3 Å². The van der Waals surface area contributed by atoms with Gasteiger partial charge in [0.05, 0.1) is 13.7 Å². The SMILES string of the molecule is COc1ccccc1OC[C@@H]1CCCN(C)C1. The van der Waals surface area contributed by atoms with Crippen molar-refractivity contribution in [1.29, 1.82) is 0 Å². The molecule has 0 aliphatic carbocycles. The summed E-state index contributed by atoms with van der Waals surface area (Å²) in [6.07, 6.45) is 2.54. The summed E-state index contributed by atoms with van der Waals surface area (Å²) in [6.45, 7) is 3.13. The molecular weight excluding hydrogens is 214 g/mol. The summed E-state index contributed by atoms with van der Waals surface area (Å²) >= 11 is 0. The van der Waals surface area contributed by atoms with Crippen molar-refractivity contribution in [2.75, 3.05) is 33.9 Å². The topological polar surface area (TPSA) is 21.7 Å². The van der Waals surface area contributed by atoms with Gasteiger partial charge in [-0.3, -0.25) is 0 Å². The minimum Gasteiger partial charge on any atom is -0.493 e. The van der Waals surface area contributed by atoms with Gasteiger partial charge < -0.3 is 14.4 Å². The predicted octanol–water partition coefficient (Wildman–Crippen LogP) is 2.42. The van der Waals surface area contributed by atoms with Gasteiger partial charge in [-0.15, -0.1) is 0 Å². The molecule has 1 heterocycles. The first kappa shape index (κ1) is 12.2. The first-order chi connectivity index (χ1) is 8.29. The van der Waals surface area contributed by atoms with Crippen molar-refractivity contribution in [3.8, 4) is 11.5 Å². The summed E-state index contributed by atoms with van der Waals surface area (Å²) in [5, 5.41) is 0. The normalized spacial score (nSPS) is 21.2. The highest BCUT2D eigenvalue weighted by atomic mass is 16.5. The highest BCUT2D eigenvalue weighted by molar-refractivity contribution is 5.39. The molecule has 0 amide bonds. The van der Waals surface area contributed by atoms with Gasteiger partial charge >= 0.3 is 0 Å². The van der Waals surface area contributed by atoms with Crippen LogP contribution in [0.5, 0.6) is 11.5 Å². The van der Waals surface area contributed by atoms with E-state index in [1.165, 1.54) is 19.4 Å². The van der Waals surface area contributed by atoms with E-state index in [2.05, 4.69) is 11.9 Å². The molecule has 0 bridgehead atoms. The Bertz CT molecular complexity index is 354. The molecule has 3 heteroatoms. The maximum atomic E-state index is 5.86. The first-order valence-electron chi connectivity index (χ1n) is 6.24. The van der Waals surface area contributed by atoms with Crippen molar-refractivity contribution >= 4 is 0 Å². The number of benzene rings is 1. The molecule has 0 aromatic heterocycles. The average molecular weight is 235 g/mol. The highest BCUT2D eigenvalue weighted by Crippen LogP contribution is 2.27. The second-order valence-corrected chi connectivity index (χ2v) is 4.73. The van der Waals surface area contributed by atoms with Gasteiger partial charge in [0.25, 0.3) is 0 Å². The van der Waals surface area contributed by atoms with E-state index in [1.807, 2.05) is 24.3 Å². The Balaban J connectivity index is 1.88. The molecule has 1 aliphatic heterocycles. The molecule has 3 nitrogen and oxygen atoms in total. The van der Waals surface area contributed by atoms with Gasteiger partial charge in [-0.1, -0.05) is 12.1 Å². The molecular formula is C14H21NO2. The fourth-order valence-corrected chi connectivity index (χ4v) is 2.35. The fourth-order valence-electron chi connectivity index (χ4n) is 2.35. The van der Waals surface area contributed by atoms with Crippen LogP contribution in [0, 0.1) is 5.92 Å². The molecule has 1 aromatic carbocycles. The van der Waals surface area contributed by atoms with Crippen LogP contribution in [0.1, 0.15) is 12.8 Å². The van der Waals surface area contributed by atoms with E-state index in [-0.39, 0.29) is 0 Å². The van der Waals surface area contributed by atoms with Crippen molar-refractivity contribution in [2.24, 2.45) is 5.92 Å². The number of piperidine rings is 1. The van der Waals surface area contributed by atoms with Gasteiger partial charge in [0.15, 0.2) is 11.5 Å². The number of para-hydroxylation sites is 2. The van der Waals surface area contributed by atoms with Gasteiger partial charge in [-0.25, -0.2) is 0 Å². The quantitative estimate of drug-likeness (QED) is 0.800. The minimum atomic E-state index is 0.638. The summed E-state index contributed by atoms with van der Waals surface area (Å²) in [4.78, 5) is 2.37.